The molecule has 0 spiro atoms. The van der Waals surface area contributed by atoms with E-state index < -0.39 is 0 Å². The van der Waals surface area contributed by atoms with Crippen molar-refractivity contribution in [1.82, 2.24) is 4.90 Å². The number of benzene rings is 3. The summed E-state index contributed by atoms with van der Waals surface area (Å²) in [5, 5.41) is 0. The molecule has 2 unspecified atom stereocenters. The van der Waals surface area contributed by atoms with Crippen molar-refractivity contribution in [3.05, 3.63) is 89.5 Å². The molecule has 3 aromatic carbocycles. The largest absolute Gasteiger partial charge is 0.494 e. The van der Waals surface area contributed by atoms with Gasteiger partial charge in [0.25, 0.3) is 0 Å². The highest BCUT2D eigenvalue weighted by Crippen LogP contribution is 2.35. The van der Waals surface area contributed by atoms with Gasteiger partial charge >= 0.3 is 6.09 Å². The summed E-state index contributed by atoms with van der Waals surface area (Å²) in [6, 6.07) is 24.4. The second-order valence-corrected chi connectivity index (χ2v) is 11.1. The number of likely N-dealkylation sites (tertiary alicyclic amines) is 1. The molecule has 2 heterocycles. The second-order valence-electron chi connectivity index (χ2n) is 11.1. The van der Waals surface area contributed by atoms with Crippen LogP contribution in [0.25, 0.3) is 0 Å². The topological polar surface area (TPSA) is 69.7 Å². The van der Waals surface area contributed by atoms with Gasteiger partial charge in [0.15, 0.2) is 0 Å². The molecule has 0 N–H and O–H groups in total. The lowest BCUT2D eigenvalue weighted by molar-refractivity contribution is -0.0246. The fourth-order valence-corrected chi connectivity index (χ4v) is 5.72. The standard InChI is InChI=1S/C35H44N2O6/c1-3-20-40-30-13-11-29(12-14-30)31-16-18-37(35(38)43-25-27-8-5-4-6-9-27)24-34(31)42-26-28-10-15-33-32(23-28)36(19-22-41-33)17-7-21-39-2/h4-6,8-15,23,31,34H,3,7,16-22,24-26H2,1-2H3. The number of methoxy groups -OCH3 is 1. The van der Waals surface area contributed by atoms with E-state index in [1.807, 2.05) is 48.5 Å². The molecular formula is C35H44N2O6. The molecule has 0 radical (unpaired) electrons. The SMILES string of the molecule is CCCOc1ccc(C2CCN(C(=O)OCc3ccccc3)CC2OCc2ccc3c(c2)N(CCCOC)CCO3)cc1. The summed E-state index contributed by atoms with van der Waals surface area (Å²) in [5.74, 6) is 1.92. The Hall–Kier alpha value is -3.75. The lowest BCUT2D eigenvalue weighted by Gasteiger charge is -2.38. The van der Waals surface area contributed by atoms with Gasteiger partial charge in [-0.25, -0.2) is 4.79 Å². The number of amides is 1. The van der Waals surface area contributed by atoms with Crippen LogP contribution < -0.4 is 14.4 Å². The lowest BCUT2D eigenvalue weighted by atomic mass is 9.87. The van der Waals surface area contributed by atoms with Crippen molar-refractivity contribution in [2.24, 2.45) is 0 Å². The number of piperidine rings is 1. The van der Waals surface area contributed by atoms with Gasteiger partial charge in [-0.1, -0.05) is 55.5 Å². The predicted molar refractivity (Wildman–Crippen MR) is 167 cm³/mol. The molecule has 8 nitrogen and oxygen atoms in total. The quantitative estimate of drug-likeness (QED) is 0.213. The van der Waals surface area contributed by atoms with E-state index in [0.29, 0.717) is 32.9 Å². The van der Waals surface area contributed by atoms with E-state index in [1.54, 1.807) is 12.0 Å². The van der Waals surface area contributed by atoms with Crippen molar-refractivity contribution >= 4 is 11.8 Å². The van der Waals surface area contributed by atoms with E-state index in [0.717, 1.165) is 67.3 Å². The van der Waals surface area contributed by atoms with Gasteiger partial charge in [-0.2, -0.15) is 0 Å². The minimum atomic E-state index is -0.308. The summed E-state index contributed by atoms with van der Waals surface area (Å²) in [6.07, 6.45) is 2.21. The van der Waals surface area contributed by atoms with Gasteiger partial charge in [0.2, 0.25) is 0 Å². The minimum absolute atomic E-state index is 0.143. The summed E-state index contributed by atoms with van der Waals surface area (Å²) in [4.78, 5) is 17.2. The lowest BCUT2D eigenvalue weighted by Crippen LogP contribution is -2.47. The first-order chi connectivity index (χ1) is 21.1. The van der Waals surface area contributed by atoms with Crippen LogP contribution in [0.4, 0.5) is 10.5 Å². The van der Waals surface area contributed by atoms with Gasteiger partial charge in [0.1, 0.15) is 24.7 Å². The highest BCUT2D eigenvalue weighted by Gasteiger charge is 2.34. The Morgan fingerprint density at radius 3 is 2.58 bits per heavy atom. The van der Waals surface area contributed by atoms with E-state index in [4.69, 9.17) is 23.7 Å². The van der Waals surface area contributed by atoms with Crippen LogP contribution in [0.3, 0.4) is 0 Å². The van der Waals surface area contributed by atoms with Gasteiger partial charge in [-0.05, 0) is 60.2 Å². The molecule has 2 atom stereocenters. The number of ether oxygens (including phenoxy) is 5. The average Bonchev–Trinajstić information content (AvgIpc) is 3.06. The molecular weight excluding hydrogens is 544 g/mol. The molecule has 5 rings (SSSR count). The Bertz CT molecular complexity index is 1290. The smallest absolute Gasteiger partial charge is 0.410 e. The third-order valence-corrected chi connectivity index (χ3v) is 8.03. The van der Waals surface area contributed by atoms with Gasteiger partial charge in [0, 0.05) is 32.7 Å². The summed E-state index contributed by atoms with van der Waals surface area (Å²) < 4.78 is 29.3. The molecule has 0 aromatic heterocycles. The Morgan fingerprint density at radius 1 is 0.953 bits per heavy atom. The number of carbonyl (C=O) groups excluding carboxylic acids is 1. The zero-order chi connectivity index (χ0) is 29.9. The summed E-state index contributed by atoms with van der Waals surface area (Å²) in [7, 11) is 1.74. The van der Waals surface area contributed by atoms with Crippen molar-refractivity contribution in [3.8, 4) is 11.5 Å². The van der Waals surface area contributed by atoms with Crippen LogP contribution in [0.2, 0.25) is 0 Å². The van der Waals surface area contributed by atoms with E-state index in [-0.39, 0.29) is 24.7 Å². The van der Waals surface area contributed by atoms with Crippen molar-refractivity contribution in [3.63, 3.8) is 0 Å². The van der Waals surface area contributed by atoms with Crippen LogP contribution in [-0.2, 0) is 27.4 Å². The molecule has 8 heteroatoms. The predicted octanol–water partition coefficient (Wildman–Crippen LogP) is 6.42. The summed E-state index contributed by atoms with van der Waals surface area (Å²) in [6.45, 7) is 7.73. The van der Waals surface area contributed by atoms with Crippen LogP contribution in [0.1, 0.15) is 48.8 Å². The number of rotatable bonds is 13. The van der Waals surface area contributed by atoms with Crippen molar-refractivity contribution < 1.29 is 28.5 Å². The summed E-state index contributed by atoms with van der Waals surface area (Å²) in [5.41, 5.74) is 4.33. The highest BCUT2D eigenvalue weighted by molar-refractivity contribution is 5.68. The maximum Gasteiger partial charge on any atom is 0.410 e. The van der Waals surface area contributed by atoms with Crippen LogP contribution in [0.5, 0.6) is 11.5 Å². The molecule has 0 saturated carbocycles. The third-order valence-electron chi connectivity index (χ3n) is 8.03. The highest BCUT2D eigenvalue weighted by atomic mass is 16.6. The van der Waals surface area contributed by atoms with Gasteiger partial charge in [0.05, 0.1) is 38.1 Å². The molecule has 1 fully saturated rings. The van der Waals surface area contributed by atoms with Crippen molar-refractivity contribution in [2.75, 3.05) is 58.0 Å². The molecule has 230 valence electrons. The Morgan fingerprint density at radius 2 is 1.79 bits per heavy atom. The fourth-order valence-electron chi connectivity index (χ4n) is 5.72. The normalized spacial score (nSPS) is 18.1. The van der Waals surface area contributed by atoms with Gasteiger partial charge < -0.3 is 33.5 Å². The van der Waals surface area contributed by atoms with E-state index in [9.17, 15) is 4.79 Å². The number of nitrogens with zero attached hydrogens (tertiary/aromatic N) is 2. The van der Waals surface area contributed by atoms with Gasteiger partial charge in [-0.3, -0.25) is 0 Å². The van der Waals surface area contributed by atoms with E-state index in [1.165, 1.54) is 5.56 Å². The van der Waals surface area contributed by atoms with E-state index >= 15 is 0 Å². The van der Waals surface area contributed by atoms with Crippen LogP contribution in [0.15, 0.2) is 72.8 Å². The summed E-state index contributed by atoms with van der Waals surface area (Å²) >= 11 is 0. The fraction of sp³-hybridized carbons (Fsp3) is 0.457. The molecule has 3 aromatic rings. The number of fused-ring (bicyclic) bond motifs is 1. The average molecular weight is 589 g/mol. The molecule has 43 heavy (non-hydrogen) atoms. The third kappa shape index (κ3) is 8.42. The number of hydrogen-bond donors (Lipinski definition) is 0. The molecule has 1 amide bonds. The van der Waals surface area contributed by atoms with Crippen LogP contribution in [0, 0.1) is 0 Å². The molecule has 2 aliphatic heterocycles. The minimum Gasteiger partial charge on any atom is -0.494 e. The Balaban J connectivity index is 1.28. The molecule has 0 bridgehead atoms. The van der Waals surface area contributed by atoms with Gasteiger partial charge in [-0.15, -0.1) is 0 Å². The first-order valence-electron chi connectivity index (χ1n) is 15.4. The zero-order valence-electron chi connectivity index (χ0n) is 25.4. The maximum absolute atomic E-state index is 13.1. The number of carbonyl (C=O) groups is 1. The molecule has 1 saturated heterocycles. The van der Waals surface area contributed by atoms with Crippen LogP contribution >= 0.6 is 0 Å². The number of anilines is 1. The Kier molecular flexibility index (Phi) is 11.2. The van der Waals surface area contributed by atoms with E-state index in [2.05, 4.69) is 36.1 Å². The monoisotopic (exact) mass is 588 g/mol. The molecule has 2 aliphatic rings. The van der Waals surface area contributed by atoms with Crippen molar-refractivity contribution in [1.29, 1.82) is 0 Å². The first kappa shape index (κ1) is 30.7. The maximum atomic E-state index is 13.1. The second kappa shape index (κ2) is 15.6. The first-order valence-corrected chi connectivity index (χ1v) is 15.4. The zero-order valence-corrected chi connectivity index (χ0v) is 25.4. The van der Waals surface area contributed by atoms with Crippen LogP contribution in [-0.4, -0.2) is 70.2 Å². The van der Waals surface area contributed by atoms with Crippen molar-refractivity contribution in [2.45, 2.75) is 51.4 Å². The molecule has 0 aliphatic carbocycles. The number of hydrogen-bond acceptors (Lipinski definition) is 7. The Labute approximate surface area is 255 Å².